The smallest absolute Gasteiger partial charge is 0.150 e. The second-order valence-electron chi connectivity index (χ2n) is 5.53. The Bertz CT molecular complexity index is 471. The Hall–Kier alpha value is -1.39. The summed E-state index contributed by atoms with van der Waals surface area (Å²) in [6, 6.07) is 10.8. The van der Waals surface area contributed by atoms with Gasteiger partial charge in [0.2, 0.25) is 0 Å². The van der Waals surface area contributed by atoms with Crippen LogP contribution in [0.4, 0.5) is 0 Å². The van der Waals surface area contributed by atoms with Crippen LogP contribution in [0, 0.1) is 0 Å². The molecule has 2 rings (SSSR count). The third-order valence-electron chi connectivity index (χ3n) is 2.94. The van der Waals surface area contributed by atoms with Crippen molar-refractivity contribution in [2.45, 2.75) is 32.7 Å². The lowest BCUT2D eigenvalue weighted by molar-refractivity contribution is 0.373. The van der Waals surface area contributed by atoms with E-state index in [0.29, 0.717) is 0 Å². The maximum Gasteiger partial charge on any atom is 0.150 e. The Morgan fingerprint density at radius 1 is 1.06 bits per heavy atom. The van der Waals surface area contributed by atoms with Crippen LogP contribution in [0.25, 0.3) is 0 Å². The van der Waals surface area contributed by atoms with Crippen molar-refractivity contribution in [2.75, 3.05) is 0 Å². The van der Waals surface area contributed by atoms with Crippen LogP contribution in [0.2, 0.25) is 19.6 Å². The molecular weight excluding hydrogens is 240 g/mol. The highest BCUT2D eigenvalue weighted by molar-refractivity contribution is 6.88. The molecule has 0 amide bonds. The van der Waals surface area contributed by atoms with Gasteiger partial charge in [-0.05, 0) is 5.56 Å². The number of aromatic nitrogens is 1. The summed E-state index contributed by atoms with van der Waals surface area (Å²) in [7, 11) is -1.17. The Kier molecular flexibility index (Phi) is 3.99. The van der Waals surface area contributed by atoms with E-state index < -0.39 is 8.07 Å². The van der Waals surface area contributed by atoms with E-state index in [1.807, 2.05) is 6.07 Å². The predicted octanol–water partition coefficient (Wildman–Crippen LogP) is 2.51. The topological polar surface area (TPSA) is 38.1 Å². The lowest BCUT2D eigenvalue weighted by atomic mass is 10.2. The van der Waals surface area contributed by atoms with Crippen molar-refractivity contribution in [2.24, 2.45) is 0 Å². The van der Waals surface area contributed by atoms with Crippen LogP contribution in [0.1, 0.15) is 11.3 Å². The normalized spacial score (nSPS) is 11.7. The first-order valence-corrected chi connectivity index (χ1v) is 9.75. The van der Waals surface area contributed by atoms with Crippen LogP contribution < -0.4 is 10.5 Å². The minimum atomic E-state index is -1.17. The fourth-order valence-electron chi connectivity index (χ4n) is 1.79. The average molecular weight is 260 g/mol. The predicted molar refractivity (Wildman–Crippen MR) is 76.5 cm³/mol. The van der Waals surface area contributed by atoms with E-state index in [1.165, 1.54) is 10.8 Å². The van der Waals surface area contributed by atoms with E-state index >= 15 is 0 Å². The Morgan fingerprint density at radius 3 is 2.33 bits per heavy atom. The largest absolute Gasteiger partial charge is 0.360 e. The summed E-state index contributed by atoms with van der Waals surface area (Å²) in [5.41, 5.74) is 1.30. The zero-order valence-corrected chi connectivity index (χ0v) is 12.2. The number of hydrogen-bond donors (Lipinski definition) is 1. The molecule has 0 aliphatic carbocycles. The highest BCUT2D eigenvalue weighted by Crippen LogP contribution is 2.05. The number of nitrogens with one attached hydrogen (secondary N) is 1. The SMILES string of the molecule is C[Si](C)(C)c1ccc(CNCc2ccno2)cc1. The van der Waals surface area contributed by atoms with Gasteiger partial charge in [0, 0.05) is 12.6 Å². The summed E-state index contributed by atoms with van der Waals surface area (Å²) in [6.07, 6.45) is 1.67. The number of nitrogens with zero attached hydrogens (tertiary/aromatic N) is 1. The lowest BCUT2D eigenvalue weighted by Crippen LogP contribution is -2.37. The van der Waals surface area contributed by atoms with E-state index in [2.05, 4.69) is 54.4 Å². The van der Waals surface area contributed by atoms with Crippen molar-refractivity contribution < 1.29 is 4.52 Å². The number of rotatable bonds is 5. The van der Waals surface area contributed by atoms with Crippen LogP contribution in [0.3, 0.4) is 0 Å². The fraction of sp³-hybridized carbons (Fsp3) is 0.357. The first-order valence-electron chi connectivity index (χ1n) is 6.25. The third kappa shape index (κ3) is 3.55. The van der Waals surface area contributed by atoms with Gasteiger partial charge >= 0.3 is 0 Å². The third-order valence-corrected chi connectivity index (χ3v) is 5.00. The van der Waals surface area contributed by atoms with Crippen molar-refractivity contribution in [3.8, 4) is 0 Å². The Balaban J connectivity index is 1.87. The summed E-state index contributed by atoms with van der Waals surface area (Å²) in [6.45, 7) is 8.67. The fourth-order valence-corrected chi connectivity index (χ4v) is 2.95. The summed E-state index contributed by atoms with van der Waals surface area (Å²) < 4.78 is 5.03. The van der Waals surface area contributed by atoms with Crippen molar-refractivity contribution in [3.63, 3.8) is 0 Å². The first kappa shape index (κ1) is 13.0. The second-order valence-corrected chi connectivity index (χ2v) is 10.6. The van der Waals surface area contributed by atoms with Crippen LogP contribution in [-0.2, 0) is 13.1 Å². The summed E-state index contributed by atoms with van der Waals surface area (Å²) in [5, 5.41) is 8.52. The second kappa shape index (κ2) is 5.50. The zero-order valence-electron chi connectivity index (χ0n) is 11.2. The van der Waals surface area contributed by atoms with Crippen molar-refractivity contribution in [1.29, 1.82) is 0 Å². The molecule has 0 aliphatic rings. The van der Waals surface area contributed by atoms with Gasteiger partial charge < -0.3 is 9.84 Å². The van der Waals surface area contributed by atoms with Gasteiger partial charge in [-0.15, -0.1) is 0 Å². The molecule has 3 nitrogen and oxygen atoms in total. The Labute approximate surface area is 109 Å². The molecule has 18 heavy (non-hydrogen) atoms. The molecule has 2 aromatic rings. The first-order chi connectivity index (χ1) is 8.55. The van der Waals surface area contributed by atoms with Gasteiger partial charge in [-0.2, -0.15) is 0 Å². The highest BCUT2D eigenvalue weighted by atomic mass is 28.3. The minimum Gasteiger partial charge on any atom is -0.360 e. The van der Waals surface area contributed by atoms with Gasteiger partial charge in [-0.3, -0.25) is 0 Å². The molecule has 1 aromatic carbocycles. The average Bonchev–Trinajstić information content (AvgIpc) is 2.82. The molecule has 0 saturated heterocycles. The molecule has 0 unspecified atom stereocenters. The van der Waals surface area contributed by atoms with Gasteiger partial charge in [0.25, 0.3) is 0 Å². The molecule has 0 saturated carbocycles. The van der Waals surface area contributed by atoms with Gasteiger partial charge in [0.1, 0.15) is 5.76 Å². The molecule has 0 atom stereocenters. The zero-order chi connectivity index (χ0) is 13.0. The molecule has 4 heteroatoms. The molecule has 0 spiro atoms. The molecule has 1 heterocycles. The van der Waals surface area contributed by atoms with E-state index in [9.17, 15) is 0 Å². The van der Waals surface area contributed by atoms with Crippen LogP contribution in [0.15, 0.2) is 41.1 Å². The monoisotopic (exact) mass is 260 g/mol. The van der Waals surface area contributed by atoms with E-state index in [-0.39, 0.29) is 0 Å². The van der Waals surface area contributed by atoms with Gasteiger partial charge in [0.05, 0.1) is 20.8 Å². The molecule has 0 fully saturated rings. The van der Waals surface area contributed by atoms with Crippen LogP contribution in [0.5, 0.6) is 0 Å². The molecular formula is C14H20N2OSi. The minimum absolute atomic E-state index is 0.718. The standard InChI is InChI=1S/C14H20N2OSi/c1-18(2,3)14-6-4-12(5-7-14)10-15-11-13-8-9-16-17-13/h4-9,15H,10-11H2,1-3H3. The molecule has 96 valence electrons. The summed E-state index contributed by atoms with van der Waals surface area (Å²) in [5.74, 6) is 0.869. The maximum absolute atomic E-state index is 5.03. The quantitative estimate of drug-likeness (QED) is 0.840. The van der Waals surface area contributed by atoms with Gasteiger partial charge in [0.15, 0.2) is 0 Å². The number of hydrogen-bond acceptors (Lipinski definition) is 3. The molecule has 1 N–H and O–H groups in total. The molecule has 0 bridgehead atoms. The van der Waals surface area contributed by atoms with Gasteiger partial charge in [-0.25, -0.2) is 0 Å². The maximum atomic E-state index is 5.03. The number of benzene rings is 1. The highest BCUT2D eigenvalue weighted by Gasteiger charge is 2.15. The molecule has 1 aromatic heterocycles. The Morgan fingerprint density at radius 2 is 1.78 bits per heavy atom. The van der Waals surface area contributed by atoms with E-state index in [0.717, 1.165) is 18.8 Å². The van der Waals surface area contributed by atoms with Crippen LogP contribution in [-0.4, -0.2) is 13.2 Å². The summed E-state index contributed by atoms with van der Waals surface area (Å²) >= 11 is 0. The molecule has 0 radical (unpaired) electrons. The van der Waals surface area contributed by atoms with Crippen molar-refractivity contribution >= 4 is 13.3 Å². The van der Waals surface area contributed by atoms with Crippen molar-refractivity contribution in [1.82, 2.24) is 10.5 Å². The van der Waals surface area contributed by atoms with Crippen LogP contribution >= 0.6 is 0 Å². The van der Waals surface area contributed by atoms with Gasteiger partial charge in [-0.1, -0.05) is 54.2 Å². The molecule has 0 aliphatic heterocycles. The van der Waals surface area contributed by atoms with Crippen molar-refractivity contribution in [3.05, 3.63) is 47.9 Å². The van der Waals surface area contributed by atoms with E-state index in [4.69, 9.17) is 4.52 Å². The lowest BCUT2D eigenvalue weighted by Gasteiger charge is -2.16. The van der Waals surface area contributed by atoms with E-state index in [1.54, 1.807) is 6.20 Å². The summed E-state index contributed by atoms with van der Waals surface area (Å²) in [4.78, 5) is 0.